The van der Waals surface area contributed by atoms with Crippen LogP contribution in [0.3, 0.4) is 0 Å². The van der Waals surface area contributed by atoms with Gasteiger partial charge in [-0.2, -0.15) is 0 Å². The van der Waals surface area contributed by atoms with E-state index in [9.17, 15) is 0 Å². The van der Waals surface area contributed by atoms with E-state index in [0.29, 0.717) is 5.71 Å². The summed E-state index contributed by atoms with van der Waals surface area (Å²) in [5.74, 6) is -0.0747. The molecule has 4 rings (SSSR count). The lowest BCUT2D eigenvalue weighted by atomic mass is 9.84. The molecule has 1 unspecified atom stereocenters. The molecular formula is C27H23N. The lowest BCUT2D eigenvalue weighted by Crippen LogP contribution is -2.14. The maximum atomic E-state index is 8.89. The maximum Gasteiger partial charge on any atom is 0.0511 e. The molecular weight excluding hydrogens is 338 g/mol. The van der Waals surface area contributed by atoms with Gasteiger partial charge in [0, 0.05) is 0 Å². The molecule has 0 saturated carbocycles. The SMILES string of the molecule is N=C(c1ccccc1)C(c1ccccc1)c1ccc(Cc2ccccc2)cc1. The summed E-state index contributed by atoms with van der Waals surface area (Å²) in [7, 11) is 0. The zero-order valence-electron chi connectivity index (χ0n) is 15.8. The third kappa shape index (κ3) is 4.10. The normalized spacial score (nSPS) is 11.7. The first-order valence-corrected chi connectivity index (χ1v) is 9.63. The number of hydrogen-bond acceptors (Lipinski definition) is 1. The second-order valence-electron chi connectivity index (χ2n) is 7.03. The molecule has 1 heteroatoms. The molecule has 0 bridgehead atoms. The molecule has 4 aromatic rings. The molecule has 1 N–H and O–H groups in total. The lowest BCUT2D eigenvalue weighted by molar-refractivity contribution is 1.05. The highest BCUT2D eigenvalue weighted by molar-refractivity contribution is 6.04. The van der Waals surface area contributed by atoms with Crippen LogP contribution in [0.1, 0.15) is 33.7 Å². The Hall–Kier alpha value is -3.45. The Morgan fingerprint density at radius 1 is 0.536 bits per heavy atom. The highest BCUT2D eigenvalue weighted by Gasteiger charge is 2.20. The third-order valence-corrected chi connectivity index (χ3v) is 5.07. The third-order valence-electron chi connectivity index (χ3n) is 5.07. The number of rotatable bonds is 6. The van der Waals surface area contributed by atoms with E-state index < -0.39 is 0 Å². The molecule has 1 atom stereocenters. The average molecular weight is 361 g/mol. The summed E-state index contributed by atoms with van der Waals surface area (Å²) in [6.07, 6.45) is 0.924. The summed E-state index contributed by atoms with van der Waals surface area (Å²) in [5.41, 5.74) is 6.48. The molecule has 0 aliphatic carbocycles. The molecule has 0 saturated heterocycles. The van der Waals surface area contributed by atoms with Crippen LogP contribution in [0, 0.1) is 5.41 Å². The standard InChI is InChI=1S/C27H23N/c28-27(25-14-8-3-9-15-25)26(23-12-6-2-7-13-23)24-18-16-22(17-19-24)20-21-10-4-1-5-11-21/h1-19,26,28H,20H2. The predicted molar refractivity (Wildman–Crippen MR) is 117 cm³/mol. The molecule has 0 spiro atoms. The Morgan fingerprint density at radius 2 is 1.00 bits per heavy atom. The topological polar surface area (TPSA) is 23.9 Å². The summed E-state index contributed by atoms with van der Waals surface area (Å²) in [6.45, 7) is 0. The molecule has 0 amide bonds. The Labute approximate surface area is 166 Å². The van der Waals surface area contributed by atoms with Crippen LogP contribution in [0.25, 0.3) is 0 Å². The first-order valence-electron chi connectivity index (χ1n) is 9.63. The summed E-state index contributed by atoms with van der Waals surface area (Å²) >= 11 is 0. The van der Waals surface area contributed by atoms with Gasteiger partial charge < -0.3 is 5.41 Å². The molecule has 4 aromatic carbocycles. The molecule has 0 heterocycles. The van der Waals surface area contributed by atoms with Crippen LogP contribution in [0.15, 0.2) is 115 Å². The van der Waals surface area contributed by atoms with Crippen molar-refractivity contribution in [2.24, 2.45) is 0 Å². The van der Waals surface area contributed by atoms with Gasteiger partial charge in [-0.3, -0.25) is 0 Å². The number of nitrogens with one attached hydrogen (secondary N) is 1. The van der Waals surface area contributed by atoms with Crippen molar-refractivity contribution in [3.63, 3.8) is 0 Å². The van der Waals surface area contributed by atoms with Gasteiger partial charge in [-0.25, -0.2) is 0 Å². The van der Waals surface area contributed by atoms with Crippen molar-refractivity contribution >= 4 is 5.71 Å². The van der Waals surface area contributed by atoms with Crippen molar-refractivity contribution in [2.45, 2.75) is 12.3 Å². The predicted octanol–water partition coefficient (Wildman–Crippen LogP) is 6.48. The van der Waals surface area contributed by atoms with Crippen LogP contribution in [0.4, 0.5) is 0 Å². The first-order chi connectivity index (χ1) is 13.8. The van der Waals surface area contributed by atoms with Crippen molar-refractivity contribution < 1.29 is 0 Å². The van der Waals surface area contributed by atoms with Crippen LogP contribution < -0.4 is 0 Å². The van der Waals surface area contributed by atoms with E-state index in [0.717, 1.165) is 23.1 Å². The Balaban J connectivity index is 1.66. The van der Waals surface area contributed by atoms with Crippen molar-refractivity contribution in [2.75, 3.05) is 0 Å². The second kappa shape index (κ2) is 8.49. The van der Waals surface area contributed by atoms with Gasteiger partial charge in [-0.15, -0.1) is 0 Å². The molecule has 0 aromatic heterocycles. The van der Waals surface area contributed by atoms with Gasteiger partial charge in [0.1, 0.15) is 0 Å². The zero-order valence-corrected chi connectivity index (χ0v) is 15.8. The van der Waals surface area contributed by atoms with Gasteiger partial charge in [0.15, 0.2) is 0 Å². The van der Waals surface area contributed by atoms with Gasteiger partial charge in [-0.1, -0.05) is 115 Å². The van der Waals surface area contributed by atoms with E-state index in [4.69, 9.17) is 5.41 Å². The van der Waals surface area contributed by atoms with Crippen LogP contribution in [0.5, 0.6) is 0 Å². The maximum absolute atomic E-state index is 8.89. The van der Waals surface area contributed by atoms with E-state index in [1.165, 1.54) is 11.1 Å². The minimum absolute atomic E-state index is 0.0747. The van der Waals surface area contributed by atoms with E-state index in [1.54, 1.807) is 0 Å². The molecule has 136 valence electrons. The van der Waals surface area contributed by atoms with E-state index in [2.05, 4.69) is 60.7 Å². The summed E-state index contributed by atoms with van der Waals surface area (Å²) in [6, 6.07) is 39.6. The van der Waals surface area contributed by atoms with Crippen LogP contribution in [0.2, 0.25) is 0 Å². The van der Waals surface area contributed by atoms with Crippen molar-refractivity contribution in [1.82, 2.24) is 0 Å². The number of benzene rings is 4. The summed E-state index contributed by atoms with van der Waals surface area (Å²) in [5, 5.41) is 8.89. The minimum atomic E-state index is -0.0747. The quantitative estimate of drug-likeness (QED) is 0.380. The Bertz CT molecular complexity index is 1020. The van der Waals surface area contributed by atoms with Crippen molar-refractivity contribution in [3.8, 4) is 0 Å². The van der Waals surface area contributed by atoms with Crippen LogP contribution in [-0.4, -0.2) is 5.71 Å². The largest absolute Gasteiger partial charge is 0.304 e. The van der Waals surface area contributed by atoms with Gasteiger partial charge >= 0.3 is 0 Å². The molecule has 0 fully saturated rings. The van der Waals surface area contributed by atoms with Crippen molar-refractivity contribution in [1.29, 1.82) is 5.41 Å². The molecule has 0 aliphatic rings. The average Bonchev–Trinajstić information content (AvgIpc) is 2.77. The fraction of sp³-hybridized carbons (Fsp3) is 0.0741. The van der Waals surface area contributed by atoms with Gasteiger partial charge in [0.05, 0.1) is 11.6 Å². The summed E-state index contributed by atoms with van der Waals surface area (Å²) in [4.78, 5) is 0. The fourth-order valence-electron chi connectivity index (χ4n) is 3.62. The zero-order chi connectivity index (χ0) is 19.2. The fourth-order valence-corrected chi connectivity index (χ4v) is 3.62. The smallest absolute Gasteiger partial charge is 0.0511 e. The summed E-state index contributed by atoms with van der Waals surface area (Å²) < 4.78 is 0. The molecule has 0 aliphatic heterocycles. The highest BCUT2D eigenvalue weighted by Crippen LogP contribution is 2.29. The van der Waals surface area contributed by atoms with Gasteiger partial charge in [0.2, 0.25) is 0 Å². The van der Waals surface area contributed by atoms with Gasteiger partial charge in [0.25, 0.3) is 0 Å². The van der Waals surface area contributed by atoms with E-state index in [1.807, 2.05) is 54.6 Å². The van der Waals surface area contributed by atoms with Gasteiger partial charge in [-0.05, 0) is 34.2 Å². The van der Waals surface area contributed by atoms with E-state index >= 15 is 0 Å². The molecule has 28 heavy (non-hydrogen) atoms. The minimum Gasteiger partial charge on any atom is -0.304 e. The Kier molecular flexibility index (Phi) is 5.44. The van der Waals surface area contributed by atoms with Crippen molar-refractivity contribution in [3.05, 3.63) is 143 Å². The molecule has 1 nitrogen and oxygen atoms in total. The van der Waals surface area contributed by atoms with Crippen LogP contribution >= 0.6 is 0 Å². The first kappa shape index (κ1) is 17.9. The molecule has 0 radical (unpaired) electrons. The lowest BCUT2D eigenvalue weighted by Gasteiger charge is -2.20. The Morgan fingerprint density at radius 3 is 1.61 bits per heavy atom. The number of hydrogen-bond donors (Lipinski definition) is 1. The monoisotopic (exact) mass is 361 g/mol. The van der Waals surface area contributed by atoms with Crippen LogP contribution in [-0.2, 0) is 6.42 Å². The highest BCUT2D eigenvalue weighted by atomic mass is 14.5. The van der Waals surface area contributed by atoms with E-state index in [-0.39, 0.29) is 5.92 Å². The second-order valence-corrected chi connectivity index (χ2v) is 7.03.